The van der Waals surface area contributed by atoms with Gasteiger partial charge in [-0.2, -0.15) is 0 Å². The SMILES string of the molecule is CC(=O)N1CCc2ccc(S(=O)(=O)Nc3ccc(OC(C)C)cc3)cc2C1. The molecule has 0 fully saturated rings. The zero-order chi connectivity index (χ0) is 19.6. The summed E-state index contributed by atoms with van der Waals surface area (Å²) in [5.74, 6) is 0.682. The summed E-state index contributed by atoms with van der Waals surface area (Å²) in [6.45, 7) is 6.49. The fraction of sp³-hybridized carbons (Fsp3) is 0.350. The van der Waals surface area contributed by atoms with Crippen molar-refractivity contribution in [1.29, 1.82) is 0 Å². The van der Waals surface area contributed by atoms with Crippen LogP contribution in [0.3, 0.4) is 0 Å². The van der Waals surface area contributed by atoms with E-state index >= 15 is 0 Å². The molecule has 1 heterocycles. The van der Waals surface area contributed by atoms with Crippen molar-refractivity contribution in [2.45, 2.75) is 44.7 Å². The summed E-state index contributed by atoms with van der Waals surface area (Å²) in [5.41, 5.74) is 2.43. The molecule has 0 saturated carbocycles. The van der Waals surface area contributed by atoms with Crippen molar-refractivity contribution < 1.29 is 17.9 Å². The lowest BCUT2D eigenvalue weighted by molar-refractivity contribution is -0.129. The predicted octanol–water partition coefficient (Wildman–Crippen LogP) is 3.18. The summed E-state index contributed by atoms with van der Waals surface area (Å²) in [6.07, 6.45) is 0.789. The fourth-order valence-electron chi connectivity index (χ4n) is 3.06. The van der Waals surface area contributed by atoms with Crippen LogP contribution in [-0.2, 0) is 27.8 Å². The van der Waals surface area contributed by atoms with E-state index in [1.165, 1.54) is 6.92 Å². The second-order valence-electron chi connectivity index (χ2n) is 6.92. The van der Waals surface area contributed by atoms with Crippen LogP contribution >= 0.6 is 0 Å². The Kier molecular flexibility index (Phi) is 5.41. The van der Waals surface area contributed by atoms with Crippen LogP contribution in [0, 0.1) is 0 Å². The van der Waals surface area contributed by atoms with Gasteiger partial charge < -0.3 is 9.64 Å². The summed E-state index contributed by atoms with van der Waals surface area (Å²) in [7, 11) is -3.71. The Balaban J connectivity index is 1.79. The van der Waals surface area contributed by atoms with Gasteiger partial charge in [0.1, 0.15) is 5.75 Å². The van der Waals surface area contributed by atoms with E-state index in [0.29, 0.717) is 24.5 Å². The van der Waals surface area contributed by atoms with Crippen molar-refractivity contribution >= 4 is 21.6 Å². The number of carbonyl (C=O) groups is 1. The summed E-state index contributed by atoms with van der Waals surface area (Å²) in [6, 6.07) is 11.9. The van der Waals surface area contributed by atoms with Crippen LogP contribution in [0.15, 0.2) is 47.4 Å². The second-order valence-corrected chi connectivity index (χ2v) is 8.60. The first kappa shape index (κ1) is 19.2. The van der Waals surface area contributed by atoms with Gasteiger partial charge in [0.25, 0.3) is 10.0 Å². The number of ether oxygens (including phenoxy) is 1. The Morgan fingerprint density at radius 1 is 1.11 bits per heavy atom. The van der Waals surface area contributed by atoms with E-state index in [-0.39, 0.29) is 16.9 Å². The van der Waals surface area contributed by atoms with Gasteiger partial charge in [0.15, 0.2) is 0 Å². The van der Waals surface area contributed by atoms with Gasteiger partial charge in [-0.05, 0) is 67.8 Å². The number of nitrogens with zero attached hydrogens (tertiary/aromatic N) is 1. The van der Waals surface area contributed by atoms with Crippen molar-refractivity contribution in [1.82, 2.24) is 4.90 Å². The largest absolute Gasteiger partial charge is 0.491 e. The molecule has 2 aromatic rings. The third-order valence-electron chi connectivity index (χ3n) is 4.42. The number of sulfonamides is 1. The number of fused-ring (bicyclic) bond motifs is 1. The first-order valence-corrected chi connectivity index (χ1v) is 10.4. The van der Waals surface area contributed by atoms with Crippen LogP contribution < -0.4 is 9.46 Å². The molecule has 1 amide bonds. The van der Waals surface area contributed by atoms with Gasteiger partial charge in [0.2, 0.25) is 5.91 Å². The molecule has 0 spiro atoms. The third-order valence-corrected chi connectivity index (χ3v) is 5.80. The highest BCUT2D eigenvalue weighted by Gasteiger charge is 2.21. The van der Waals surface area contributed by atoms with Crippen LogP contribution in [0.2, 0.25) is 0 Å². The lowest BCUT2D eigenvalue weighted by Crippen LogP contribution is -2.34. The van der Waals surface area contributed by atoms with Gasteiger partial charge in [-0.1, -0.05) is 6.07 Å². The lowest BCUT2D eigenvalue weighted by Gasteiger charge is -2.28. The maximum absolute atomic E-state index is 12.7. The number of nitrogens with one attached hydrogen (secondary N) is 1. The molecule has 3 rings (SSSR count). The molecule has 144 valence electrons. The number of hydrogen-bond acceptors (Lipinski definition) is 4. The molecule has 0 unspecified atom stereocenters. The number of hydrogen-bond donors (Lipinski definition) is 1. The lowest BCUT2D eigenvalue weighted by atomic mass is 10.00. The normalized spacial score (nSPS) is 14.0. The molecular formula is C20H24N2O4S. The molecule has 0 saturated heterocycles. The maximum atomic E-state index is 12.7. The standard InChI is InChI=1S/C20H24N2O4S/c1-14(2)26-19-7-5-18(6-8-19)21-27(24,25)20-9-4-16-10-11-22(15(3)23)13-17(16)12-20/h4-9,12,14,21H,10-11,13H2,1-3H3. The fourth-order valence-corrected chi connectivity index (χ4v) is 4.17. The second kappa shape index (κ2) is 7.60. The number of carbonyl (C=O) groups excluding carboxylic acids is 1. The topological polar surface area (TPSA) is 75.7 Å². The average molecular weight is 388 g/mol. The van der Waals surface area contributed by atoms with E-state index in [2.05, 4.69) is 4.72 Å². The number of anilines is 1. The van der Waals surface area contributed by atoms with Crippen molar-refractivity contribution in [3.8, 4) is 5.75 Å². The van der Waals surface area contributed by atoms with Gasteiger partial charge >= 0.3 is 0 Å². The van der Waals surface area contributed by atoms with Gasteiger partial charge in [-0.25, -0.2) is 8.42 Å². The Labute approximate surface area is 160 Å². The highest BCUT2D eigenvalue weighted by atomic mass is 32.2. The van der Waals surface area contributed by atoms with E-state index in [1.807, 2.05) is 19.9 Å². The van der Waals surface area contributed by atoms with Gasteiger partial charge in [0, 0.05) is 25.7 Å². The van der Waals surface area contributed by atoms with E-state index in [4.69, 9.17) is 4.74 Å². The Hall–Kier alpha value is -2.54. The van der Waals surface area contributed by atoms with E-state index in [0.717, 1.165) is 17.5 Å². The van der Waals surface area contributed by atoms with Gasteiger partial charge in [-0.15, -0.1) is 0 Å². The minimum Gasteiger partial charge on any atom is -0.491 e. The predicted molar refractivity (Wildman–Crippen MR) is 104 cm³/mol. The number of benzene rings is 2. The summed E-state index contributed by atoms with van der Waals surface area (Å²) < 4.78 is 33.6. The molecule has 0 radical (unpaired) electrons. The van der Waals surface area contributed by atoms with Crippen LogP contribution in [0.1, 0.15) is 31.9 Å². The Bertz CT molecular complexity index is 937. The molecule has 0 aromatic heterocycles. The van der Waals surface area contributed by atoms with Crippen molar-refractivity contribution in [3.63, 3.8) is 0 Å². The smallest absolute Gasteiger partial charge is 0.261 e. The number of rotatable bonds is 5. The van der Waals surface area contributed by atoms with E-state index in [1.54, 1.807) is 41.3 Å². The summed E-state index contributed by atoms with van der Waals surface area (Å²) in [5, 5.41) is 0. The summed E-state index contributed by atoms with van der Waals surface area (Å²) in [4.78, 5) is 13.5. The zero-order valence-electron chi connectivity index (χ0n) is 15.7. The van der Waals surface area contributed by atoms with Crippen LogP contribution in [0.4, 0.5) is 5.69 Å². The van der Waals surface area contributed by atoms with E-state index in [9.17, 15) is 13.2 Å². The van der Waals surface area contributed by atoms with Crippen LogP contribution in [0.25, 0.3) is 0 Å². The average Bonchev–Trinajstić information content (AvgIpc) is 2.61. The molecule has 1 aliphatic heterocycles. The highest BCUT2D eigenvalue weighted by molar-refractivity contribution is 7.92. The molecule has 27 heavy (non-hydrogen) atoms. The zero-order valence-corrected chi connectivity index (χ0v) is 16.5. The molecule has 6 nitrogen and oxygen atoms in total. The minimum absolute atomic E-state index is 0.00394. The van der Waals surface area contributed by atoms with Crippen molar-refractivity contribution in [3.05, 3.63) is 53.6 Å². The highest BCUT2D eigenvalue weighted by Crippen LogP contribution is 2.25. The monoisotopic (exact) mass is 388 g/mol. The van der Waals surface area contributed by atoms with Gasteiger partial charge in [0.05, 0.1) is 11.0 Å². The maximum Gasteiger partial charge on any atom is 0.261 e. The molecule has 0 aliphatic carbocycles. The Morgan fingerprint density at radius 2 is 1.81 bits per heavy atom. The molecule has 0 atom stereocenters. The van der Waals surface area contributed by atoms with Crippen molar-refractivity contribution in [2.75, 3.05) is 11.3 Å². The molecular weight excluding hydrogens is 364 g/mol. The molecule has 1 aliphatic rings. The van der Waals surface area contributed by atoms with Crippen molar-refractivity contribution in [2.24, 2.45) is 0 Å². The quantitative estimate of drug-likeness (QED) is 0.854. The Morgan fingerprint density at radius 3 is 2.44 bits per heavy atom. The van der Waals surface area contributed by atoms with Crippen LogP contribution in [-0.4, -0.2) is 31.9 Å². The molecule has 0 bridgehead atoms. The molecule has 7 heteroatoms. The first-order valence-electron chi connectivity index (χ1n) is 8.91. The number of amides is 1. The van der Waals surface area contributed by atoms with E-state index < -0.39 is 10.0 Å². The molecule has 1 N–H and O–H groups in total. The first-order chi connectivity index (χ1) is 12.7. The third kappa shape index (κ3) is 4.60. The summed E-state index contributed by atoms with van der Waals surface area (Å²) >= 11 is 0. The van der Waals surface area contributed by atoms with Gasteiger partial charge in [-0.3, -0.25) is 9.52 Å². The minimum atomic E-state index is -3.71. The van der Waals surface area contributed by atoms with Crippen LogP contribution in [0.5, 0.6) is 5.75 Å². The molecule has 2 aromatic carbocycles.